The first-order valence-corrected chi connectivity index (χ1v) is 9.68. The number of methoxy groups -OCH3 is 1. The van der Waals surface area contributed by atoms with E-state index < -0.39 is 0 Å². The van der Waals surface area contributed by atoms with Gasteiger partial charge in [0.1, 0.15) is 11.6 Å². The zero-order valence-electron chi connectivity index (χ0n) is 15.1. The first-order chi connectivity index (χ1) is 13.2. The number of carbonyl (C=O) groups is 1. The van der Waals surface area contributed by atoms with Crippen LogP contribution in [0.1, 0.15) is 10.4 Å². The number of piperazine rings is 1. The number of anilines is 1. The average molecular weight is 426 g/mol. The standard InChI is InChI=1S/C21H20BrN3O2/c1-27-17-8-5-16(6-9-17)21(26)25-13-11-24(12-14-25)19-10-7-15-3-2-4-18(22)20(15)23-19/h2-10H,11-14H2,1H3. The maximum absolute atomic E-state index is 12.7. The number of hydrogen-bond donors (Lipinski definition) is 0. The van der Waals surface area contributed by atoms with E-state index in [1.165, 1.54) is 0 Å². The normalized spacial score (nSPS) is 14.4. The van der Waals surface area contributed by atoms with Crippen LogP contribution in [0.15, 0.2) is 59.1 Å². The van der Waals surface area contributed by atoms with E-state index in [1.54, 1.807) is 7.11 Å². The first kappa shape index (κ1) is 17.8. The number of rotatable bonds is 3. The highest BCUT2D eigenvalue weighted by atomic mass is 79.9. The van der Waals surface area contributed by atoms with Crippen molar-refractivity contribution in [3.63, 3.8) is 0 Å². The Hall–Kier alpha value is -2.60. The monoisotopic (exact) mass is 425 g/mol. The number of pyridine rings is 1. The molecule has 0 spiro atoms. The molecule has 6 heteroatoms. The molecule has 0 unspecified atom stereocenters. The predicted octanol–water partition coefficient (Wildman–Crippen LogP) is 3.97. The SMILES string of the molecule is COc1ccc(C(=O)N2CCN(c3ccc4cccc(Br)c4n3)CC2)cc1. The van der Waals surface area contributed by atoms with Crippen LogP contribution >= 0.6 is 15.9 Å². The number of carbonyl (C=O) groups excluding carboxylic acids is 1. The van der Waals surface area contributed by atoms with Gasteiger partial charge in [-0.25, -0.2) is 4.98 Å². The maximum atomic E-state index is 12.7. The third-order valence-electron chi connectivity index (χ3n) is 4.88. The Morgan fingerprint density at radius 1 is 1.00 bits per heavy atom. The molecule has 1 amide bonds. The van der Waals surface area contributed by atoms with Gasteiger partial charge in [0.15, 0.2) is 0 Å². The van der Waals surface area contributed by atoms with Crippen LogP contribution in [-0.4, -0.2) is 49.1 Å². The van der Waals surface area contributed by atoms with E-state index in [2.05, 4.69) is 39.0 Å². The van der Waals surface area contributed by atoms with Gasteiger partial charge in [0.2, 0.25) is 0 Å². The largest absolute Gasteiger partial charge is 0.497 e. The molecule has 0 aliphatic carbocycles. The minimum Gasteiger partial charge on any atom is -0.497 e. The molecule has 3 aromatic rings. The number of hydrogen-bond acceptors (Lipinski definition) is 4. The summed E-state index contributed by atoms with van der Waals surface area (Å²) >= 11 is 3.58. The van der Waals surface area contributed by atoms with E-state index in [9.17, 15) is 4.79 Å². The Morgan fingerprint density at radius 3 is 2.44 bits per heavy atom. The zero-order chi connectivity index (χ0) is 18.8. The molecule has 1 saturated heterocycles. The molecule has 5 nitrogen and oxygen atoms in total. The summed E-state index contributed by atoms with van der Waals surface area (Å²) in [7, 11) is 1.62. The van der Waals surface area contributed by atoms with Crippen LogP contribution in [0.25, 0.3) is 10.9 Å². The van der Waals surface area contributed by atoms with Crippen molar-refractivity contribution in [2.24, 2.45) is 0 Å². The van der Waals surface area contributed by atoms with Crippen molar-refractivity contribution in [3.8, 4) is 5.75 Å². The van der Waals surface area contributed by atoms with Crippen molar-refractivity contribution in [1.29, 1.82) is 0 Å². The summed E-state index contributed by atoms with van der Waals surface area (Å²) < 4.78 is 6.15. The molecule has 2 heterocycles. The summed E-state index contributed by atoms with van der Waals surface area (Å²) in [6.07, 6.45) is 0. The van der Waals surface area contributed by atoms with Gasteiger partial charge >= 0.3 is 0 Å². The summed E-state index contributed by atoms with van der Waals surface area (Å²) in [6.45, 7) is 2.90. The molecule has 1 aliphatic heterocycles. The molecular weight excluding hydrogens is 406 g/mol. The van der Waals surface area contributed by atoms with Crippen LogP contribution in [0.5, 0.6) is 5.75 Å². The number of benzene rings is 2. The van der Waals surface area contributed by atoms with Crippen LogP contribution < -0.4 is 9.64 Å². The van der Waals surface area contributed by atoms with E-state index in [-0.39, 0.29) is 5.91 Å². The van der Waals surface area contributed by atoms with Gasteiger partial charge in [0, 0.05) is 41.6 Å². The van der Waals surface area contributed by atoms with Crippen molar-refractivity contribution in [2.45, 2.75) is 0 Å². The Bertz CT molecular complexity index is 967. The molecule has 0 radical (unpaired) electrons. The number of aromatic nitrogens is 1. The Morgan fingerprint density at radius 2 is 1.74 bits per heavy atom. The fourth-order valence-electron chi connectivity index (χ4n) is 3.33. The van der Waals surface area contributed by atoms with Gasteiger partial charge in [0.05, 0.1) is 12.6 Å². The number of halogens is 1. The summed E-state index contributed by atoms with van der Waals surface area (Å²) in [6, 6.07) is 17.5. The topological polar surface area (TPSA) is 45.7 Å². The van der Waals surface area contributed by atoms with E-state index in [1.807, 2.05) is 41.3 Å². The third-order valence-corrected chi connectivity index (χ3v) is 5.52. The van der Waals surface area contributed by atoms with Gasteiger partial charge in [0.25, 0.3) is 5.91 Å². The number of amides is 1. The van der Waals surface area contributed by atoms with Gasteiger partial charge in [-0.2, -0.15) is 0 Å². The Labute approximate surface area is 166 Å². The van der Waals surface area contributed by atoms with Gasteiger partial charge in [-0.1, -0.05) is 12.1 Å². The molecule has 0 bridgehead atoms. The fourth-order valence-corrected chi connectivity index (χ4v) is 3.80. The number of para-hydroxylation sites is 1. The van der Waals surface area contributed by atoms with Crippen LogP contribution in [-0.2, 0) is 0 Å². The highest BCUT2D eigenvalue weighted by molar-refractivity contribution is 9.10. The lowest BCUT2D eigenvalue weighted by molar-refractivity contribution is 0.0746. The minimum atomic E-state index is 0.0616. The van der Waals surface area contributed by atoms with Gasteiger partial charge < -0.3 is 14.5 Å². The van der Waals surface area contributed by atoms with E-state index in [0.29, 0.717) is 18.7 Å². The Kier molecular flexibility index (Phi) is 4.99. The van der Waals surface area contributed by atoms with Crippen LogP contribution in [0.3, 0.4) is 0 Å². The van der Waals surface area contributed by atoms with Crippen LogP contribution in [0.2, 0.25) is 0 Å². The molecule has 0 N–H and O–H groups in total. The van der Waals surface area contributed by atoms with Gasteiger partial charge in [-0.05, 0) is 58.4 Å². The maximum Gasteiger partial charge on any atom is 0.253 e. The second-order valence-corrected chi connectivity index (χ2v) is 7.34. The lowest BCUT2D eigenvalue weighted by Crippen LogP contribution is -2.49. The number of fused-ring (bicyclic) bond motifs is 1. The molecular formula is C21H20BrN3O2. The number of nitrogens with zero attached hydrogens (tertiary/aromatic N) is 3. The molecule has 4 rings (SSSR count). The van der Waals surface area contributed by atoms with Gasteiger partial charge in [-0.3, -0.25) is 4.79 Å². The van der Waals surface area contributed by atoms with Gasteiger partial charge in [-0.15, -0.1) is 0 Å². The molecule has 0 saturated carbocycles. The molecule has 1 aliphatic rings. The molecule has 2 aromatic carbocycles. The number of ether oxygens (including phenoxy) is 1. The summed E-state index contributed by atoms with van der Waals surface area (Å²) in [5.74, 6) is 1.77. The average Bonchev–Trinajstić information content (AvgIpc) is 2.73. The van der Waals surface area contributed by atoms with Crippen molar-refractivity contribution in [2.75, 3.05) is 38.2 Å². The van der Waals surface area contributed by atoms with Crippen molar-refractivity contribution >= 4 is 38.6 Å². The Balaban J connectivity index is 1.45. The van der Waals surface area contributed by atoms with Crippen LogP contribution in [0.4, 0.5) is 5.82 Å². The quantitative estimate of drug-likeness (QED) is 0.636. The molecule has 0 atom stereocenters. The summed E-state index contributed by atoms with van der Waals surface area (Å²) in [5.41, 5.74) is 1.66. The second-order valence-electron chi connectivity index (χ2n) is 6.49. The molecule has 138 valence electrons. The smallest absolute Gasteiger partial charge is 0.253 e. The van der Waals surface area contributed by atoms with Crippen molar-refractivity contribution in [3.05, 3.63) is 64.6 Å². The first-order valence-electron chi connectivity index (χ1n) is 8.89. The van der Waals surface area contributed by atoms with E-state index in [0.717, 1.165) is 40.0 Å². The van der Waals surface area contributed by atoms with E-state index >= 15 is 0 Å². The highest BCUT2D eigenvalue weighted by Crippen LogP contribution is 2.25. The van der Waals surface area contributed by atoms with Crippen molar-refractivity contribution in [1.82, 2.24) is 9.88 Å². The lowest BCUT2D eigenvalue weighted by Gasteiger charge is -2.35. The summed E-state index contributed by atoms with van der Waals surface area (Å²) in [4.78, 5) is 21.6. The van der Waals surface area contributed by atoms with E-state index in [4.69, 9.17) is 9.72 Å². The van der Waals surface area contributed by atoms with Crippen LogP contribution in [0, 0.1) is 0 Å². The minimum absolute atomic E-state index is 0.0616. The lowest BCUT2D eigenvalue weighted by atomic mass is 10.1. The molecule has 27 heavy (non-hydrogen) atoms. The molecule has 1 aromatic heterocycles. The fraction of sp³-hybridized carbons (Fsp3) is 0.238. The second kappa shape index (κ2) is 7.56. The highest BCUT2D eigenvalue weighted by Gasteiger charge is 2.23. The predicted molar refractivity (Wildman–Crippen MR) is 111 cm³/mol. The molecule has 1 fully saturated rings. The zero-order valence-corrected chi connectivity index (χ0v) is 16.6. The third kappa shape index (κ3) is 3.62. The van der Waals surface area contributed by atoms with Crippen molar-refractivity contribution < 1.29 is 9.53 Å². The summed E-state index contributed by atoms with van der Waals surface area (Å²) in [5, 5.41) is 1.11.